The molecule has 1 saturated heterocycles. The van der Waals surface area contributed by atoms with Crippen LogP contribution in [0.1, 0.15) is 10.5 Å². The van der Waals surface area contributed by atoms with Crippen molar-refractivity contribution in [3.8, 4) is 11.5 Å². The summed E-state index contributed by atoms with van der Waals surface area (Å²) in [7, 11) is 3.44. The van der Waals surface area contributed by atoms with E-state index in [4.69, 9.17) is 14.2 Å². The van der Waals surface area contributed by atoms with Crippen LogP contribution < -0.4 is 14.8 Å². The monoisotopic (exact) mass is 356 g/mol. The number of hydrogen-bond donors (Lipinski definition) is 2. The summed E-state index contributed by atoms with van der Waals surface area (Å²) >= 11 is 0. The van der Waals surface area contributed by atoms with Gasteiger partial charge in [-0.3, -0.25) is 9.48 Å². The fourth-order valence-corrected chi connectivity index (χ4v) is 3.03. The second kappa shape index (κ2) is 6.72. The first-order valence-corrected chi connectivity index (χ1v) is 8.33. The molecule has 0 spiro atoms. The average molecular weight is 356 g/mol. The lowest BCUT2D eigenvalue weighted by Gasteiger charge is -2.19. The Kier molecular flexibility index (Phi) is 4.26. The number of aromatic nitrogens is 3. The maximum atomic E-state index is 12.6. The first-order chi connectivity index (χ1) is 12.6. The van der Waals surface area contributed by atoms with E-state index < -0.39 is 0 Å². The van der Waals surface area contributed by atoms with Crippen LogP contribution in [0.5, 0.6) is 11.5 Å². The lowest BCUT2D eigenvalue weighted by Crippen LogP contribution is -2.45. The summed E-state index contributed by atoms with van der Waals surface area (Å²) in [5, 5.41) is 7.98. The minimum atomic E-state index is -0.257. The summed E-state index contributed by atoms with van der Waals surface area (Å²) < 4.78 is 18.2. The Bertz CT molecular complexity index is 932. The standard InChI is InChI=1S/C18H20N4O4/c1-22-8-13(7-19-22)26-17-10-25-9-16(17)21-18(23)15-6-11-5-12(24-2)3-4-14(11)20-15/h3-8,16-17,20H,9-10H2,1-2H3,(H,21,23)/t16-,17+/m0/s1. The predicted octanol–water partition coefficient (Wildman–Crippen LogP) is 1.49. The molecule has 1 aliphatic heterocycles. The summed E-state index contributed by atoms with van der Waals surface area (Å²) in [6, 6.07) is 7.19. The van der Waals surface area contributed by atoms with Crippen LogP contribution in [-0.4, -0.2) is 53.1 Å². The van der Waals surface area contributed by atoms with Crippen molar-refractivity contribution in [2.24, 2.45) is 7.05 Å². The molecule has 8 nitrogen and oxygen atoms in total. The highest BCUT2D eigenvalue weighted by Gasteiger charge is 2.32. The summed E-state index contributed by atoms with van der Waals surface area (Å²) in [4.78, 5) is 15.8. The van der Waals surface area contributed by atoms with Crippen molar-refractivity contribution in [3.63, 3.8) is 0 Å². The van der Waals surface area contributed by atoms with E-state index in [0.717, 1.165) is 16.7 Å². The highest BCUT2D eigenvalue weighted by molar-refractivity contribution is 5.98. The molecule has 1 aromatic carbocycles. The largest absolute Gasteiger partial charge is 0.497 e. The predicted molar refractivity (Wildman–Crippen MR) is 94.5 cm³/mol. The molecule has 8 heteroatoms. The number of H-pyrrole nitrogens is 1. The highest BCUT2D eigenvalue weighted by atomic mass is 16.5. The number of hydrogen-bond acceptors (Lipinski definition) is 5. The number of benzene rings is 1. The van der Waals surface area contributed by atoms with Crippen molar-refractivity contribution in [2.45, 2.75) is 12.1 Å². The Morgan fingerprint density at radius 3 is 3.00 bits per heavy atom. The van der Waals surface area contributed by atoms with Gasteiger partial charge in [0.15, 0.2) is 5.75 Å². The van der Waals surface area contributed by atoms with Gasteiger partial charge in [0.2, 0.25) is 0 Å². The topological polar surface area (TPSA) is 90.4 Å². The van der Waals surface area contributed by atoms with E-state index >= 15 is 0 Å². The molecule has 2 aromatic heterocycles. The maximum Gasteiger partial charge on any atom is 0.268 e. The zero-order chi connectivity index (χ0) is 18.1. The summed E-state index contributed by atoms with van der Waals surface area (Å²) in [6.45, 7) is 0.828. The van der Waals surface area contributed by atoms with Gasteiger partial charge in [0.1, 0.15) is 17.5 Å². The molecule has 2 N–H and O–H groups in total. The molecule has 1 amide bonds. The Morgan fingerprint density at radius 1 is 1.35 bits per heavy atom. The fraction of sp³-hybridized carbons (Fsp3) is 0.333. The van der Waals surface area contributed by atoms with Crippen LogP contribution in [0.3, 0.4) is 0 Å². The van der Waals surface area contributed by atoms with Crippen molar-refractivity contribution in [3.05, 3.63) is 42.4 Å². The van der Waals surface area contributed by atoms with E-state index in [1.807, 2.05) is 25.2 Å². The van der Waals surface area contributed by atoms with Gasteiger partial charge in [0.25, 0.3) is 5.91 Å². The fourth-order valence-electron chi connectivity index (χ4n) is 3.03. The Hall–Kier alpha value is -3.00. The number of amides is 1. The zero-order valence-corrected chi connectivity index (χ0v) is 14.6. The van der Waals surface area contributed by atoms with E-state index in [2.05, 4.69) is 15.4 Å². The first kappa shape index (κ1) is 16.5. The van der Waals surface area contributed by atoms with Crippen LogP contribution in [0, 0.1) is 0 Å². The number of aromatic amines is 1. The van der Waals surface area contributed by atoms with Crippen LogP contribution in [0.15, 0.2) is 36.7 Å². The second-order valence-corrected chi connectivity index (χ2v) is 6.26. The number of fused-ring (bicyclic) bond motifs is 1. The molecule has 1 fully saturated rings. The second-order valence-electron chi connectivity index (χ2n) is 6.26. The van der Waals surface area contributed by atoms with Crippen molar-refractivity contribution in [1.29, 1.82) is 0 Å². The molecule has 0 saturated carbocycles. The molecular weight excluding hydrogens is 336 g/mol. The summed E-state index contributed by atoms with van der Waals surface area (Å²) in [5.74, 6) is 1.20. The summed E-state index contributed by atoms with van der Waals surface area (Å²) in [6.07, 6.45) is 3.16. The Labute approximate surface area is 150 Å². The number of aryl methyl sites for hydroxylation is 1. The maximum absolute atomic E-state index is 12.6. The Morgan fingerprint density at radius 2 is 2.23 bits per heavy atom. The molecule has 26 heavy (non-hydrogen) atoms. The molecule has 0 radical (unpaired) electrons. The lowest BCUT2D eigenvalue weighted by molar-refractivity contribution is 0.0900. The van der Waals surface area contributed by atoms with Crippen LogP contribution in [0.2, 0.25) is 0 Å². The highest BCUT2D eigenvalue weighted by Crippen LogP contribution is 2.22. The average Bonchev–Trinajstić information content (AvgIpc) is 3.35. The number of nitrogens with zero attached hydrogens (tertiary/aromatic N) is 2. The van der Waals surface area contributed by atoms with Crippen LogP contribution in [0.4, 0.5) is 0 Å². The molecule has 0 aliphatic carbocycles. The van der Waals surface area contributed by atoms with Gasteiger partial charge in [-0.25, -0.2) is 0 Å². The van der Waals surface area contributed by atoms with Crippen molar-refractivity contribution < 1.29 is 19.0 Å². The molecule has 3 heterocycles. The van der Waals surface area contributed by atoms with Crippen LogP contribution in [-0.2, 0) is 11.8 Å². The minimum Gasteiger partial charge on any atom is -0.497 e. The van der Waals surface area contributed by atoms with Gasteiger partial charge < -0.3 is 24.5 Å². The van der Waals surface area contributed by atoms with Gasteiger partial charge in [-0.1, -0.05) is 0 Å². The van der Waals surface area contributed by atoms with E-state index in [0.29, 0.717) is 24.7 Å². The third-order valence-electron chi connectivity index (χ3n) is 4.39. The van der Waals surface area contributed by atoms with Crippen molar-refractivity contribution in [1.82, 2.24) is 20.1 Å². The van der Waals surface area contributed by atoms with E-state index in [-0.39, 0.29) is 18.1 Å². The van der Waals surface area contributed by atoms with Gasteiger partial charge in [-0.2, -0.15) is 5.10 Å². The van der Waals surface area contributed by atoms with E-state index in [1.165, 1.54) is 0 Å². The molecule has 136 valence electrons. The van der Waals surface area contributed by atoms with E-state index in [9.17, 15) is 4.79 Å². The van der Waals surface area contributed by atoms with Crippen molar-refractivity contribution >= 4 is 16.8 Å². The zero-order valence-electron chi connectivity index (χ0n) is 14.6. The first-order valence-electron chi connectivity index (χ1n) is 8.33. The normalized spacial score (nSPS) is 19.6. The molecule has 1 aliphatic rings. The summed E-state index contributed by atoms with van der Waals surface area (Å²) in [5.41, 5.74) is 1.36. The van der Waals surface area contributed by atoms with Gasteiger partial charge >= 0.3 is 0 Å². The Balaban J connectivity index is 1.46. The van der Waals surface area contributed by atoms with Crippen LogP contribution >= 0.6 is 0 Å². The molecular formula is C18H20N4O4. The smallest absolute Gasteiger partial charge is 0.268 e. The number of carbonyl (C=O) groups is 1. The number of nitrogens with one attached hydrogen (secondary N) is 2. The molecule has 3 aromatic rings. The number of methoxy groups -OCH3 is 1. The molecule has 0 bridgehead atoms. The van der Waals surface area contributed by atoms with Crippen LogP contribution in [0.25, 0.3) is 10.9 Å². The number of ether oxygens (including phenoxy) is 3. The van der Waals surface area contributed by atoms with Gasteiger partial charge in [0.05, 0.1) is 38.8 Å². The molecule has 2 atom stereocenters. The lowest BCUT2D eigenvalue weighted by atomic mass is 10.2. The molecule has 0 unspecified atom stereocenters. The third-order valence-corrected chi connectivity index (χ3v) is 4.39. The minimum absolute atomic E-state index is 0.199. The van der Waals surface area contributed by atoms with E-state index in [1.54, 1.807) is 30.3 Å². The number of rotatable bonds is 5. The van der Waals surface area contributed by atoms with Crippen molar-refractivity contribution in [2.75, 3.05) is 20.3 Å². The molecule has 4 rings (SSSR count). The van der Waals surface area contributed by atoms with Gasteiger partial charge in [0, 0.05) is 18.0 Å². The number of carbonyl (C=O) groups excluding carboxylic acids is 1. The third kappa shape index (κ3) is 3.23. The quantitative estimate of drug-likeness (QED) is 0.723. The SMILES string of the molecule is COc1ccc2[nH]c(C(=O)N[C@H]3COC[C@H]3Oc3cnn(C)c3)cc2c1. The van der Waals surface area contributed by atoms with Gasteiger partial charge in [-0.05, 0) is 24.3 Å². The van der Waals surface area contributed by atoms with Gasteiger partial charge in [-0.15, -0.1) is 0 Å².